The van der Waals surface area contributed by atoms with Crippen LogP contribution in [-0.2, 0) is 6.54 Å². The second kappa shape index (κ2) is 8.41. The predicted molar refractivity (Wildman–Crippen MR) is 91.0 cm³/mol. The first-order valence-corrected chi connectivity index (χ1v) is 7.56. The second-order valence-corrected chi connectivity index (χ2v) is 5.27. The van der Waals surface area contributed by atoms with E-state index in [0.717, 1.165) is 5.56 Å². The third-order valence-corrected chi connectivity index (χ3v) is 3.66. The van der Waals surface area contributed by atoms with E-state index in [0.29, 0.717) is 23.0 Å². The molecule has 0 spiro atoms. The molecule has 0 unspecified atom stereocenters. The minimum Gasteiger partial charge on any atom is -0.496 e. The SMILES string of the molecule is COc1ccccc1CN(CCO)C(=O)Nc1ccccc1Cl. The number of hydrogen-bond donors (Lipinski definition) is 2. The zero-order valence-electron chi connectivity index (χ0n) is 12.8. The number of hydrogen-bond acceptors (Lipinski definition) is 3. The maximum atomic E-state index is 12.5. The summed E-state index contributed by atoms with van der Waals surface area (Å²) in [5.41, 5.74) is 1.39. The smallest absolute Gasteiger partial charge is 0.322 e. The molecule has 23 heavy (non-hydrogen) atoms. The lowest BCUT2D eigenvalue weighted by atomic mass is 10.2. The van der Waals surface area contributed by atoms with Gasteiger partial charge in [-0.2, -0.15) is 0 Å². The topological polar surface area (TPSA) is 61.8 Å². The molecule has 0 bridgehead atoms. The van der Waals surface area contributed by atoms with Crippen LogP contribution < -0.4 is 10.1 Å². The Morgan fingerprint density at radius 3 is 2.61 bits per heavy atom. The van der Waals surface area contributed by atoms with Gasteiger partial charge in [-0.15, -0.1) is 0 Å². The Hall–Kier alpha value is -2.24. The predicted octanol–water partition coefficient (Wildman–Crippen LogP) is 3.38. The highest BCUT2D eigenvalue weighted by Crippen LogP contribution is 2.22. The molecule has 2 N–H and O–H groups in total. The number of ether oxygens (including phenoxy) is 1. The number of halogens is 1. The van der Waals surface area contributed by atoms with Crippen molar-refractivity contribution in [3.8, 4) is 5.75 Å². The molecule has 2 rings (SSSR count). The minimum absolute atomic E-state index is 0.134. The van der Waals surface area contributed by atoms with Gasteiger partial charge < -0.3 is 20.1 Å². The molecule has 5 nitrogen and oxygen atoms in total. The lowest BCUT2D eigenvalue weighted by Gasteiger charge is -2.23. The van der Waals surface area contributed by atoms with Gasteiger partial charge >= 0.3 is 6.03 Å². The summed E-state index contributed by atoms with van der Waals surface area (Å²) in [4.78, 5) is 14.0. The van der Waals surface area contributed by atoms with Crippen molar-refractivity contribution < 1.29 is 14.6 Å². The zero-order valence-corrected chi connectivity index (χ0v) is 13.6. The summed E-state index contributed by atoms with van der Waals surface area (Å²) in [5.74, 6) is 0.695. The number of amides is 2. The summed E-state index contributed by atoms with van der Waals surface area (Å²) in [7, 11) is 1.58. The average molecular weight is 335 g/mol. The first kappa shape index (κ1) is 17.1. The molecule has 0 saturated carbocycles. The number of aliphatic hydroxyl groups is 1. The van der Waals surface area contributed by atoms with Crippen LogP contribution in [0.15, 0.2) is 48.5 Å². The molecule has 0 fully saturated rings. The van der Waals surface area contributed by atoms with Gasteiger partial charge in [-0.3, -0.25) is 0 Å². The molecule has 0 atom stereocenters. The van der Waals surface area contributed by atoms with Gasteiger partial charge in [0.2, 0.25) is 0 Å². The Kier molecular flexibility index (Phi) is 6.26. The molecular formula is C17H19ClN2O3. The number of nitrogens with zero attached hydrogens (tertiary/aromatic N) is 1. The molecule has 2 aromatic rings. The molecule has 0 aliphatic rings. The van der Waals surface area contributed by atoms with E-state index < -0.39 is 0 Å². The van der Waals surface area contributed by atoms with Gasteiger partial charge in [0.25, 0.3) is 0 Å². The van der Waals surface area contributed by atoms with E-state index in [1.165, 1.54) is 4.90 Å². The van der Waals surface area contributed by atoms with Crippen LogP contribution in [0.25, 0.3) is 0 Å². The summed E-state index contributed by atoms with van der Waals surface area (Å²) < 4.78 is 5.30. The van der Waals surface area contributed by atoms with E-state index in [2.05, 4.69) is 5.32 Å². The molecule has 6 heteroatoms. The van der Waals surface area contributed by atoms with Crippen molar-refractivity contribution >= 4 is 23.3 Å². The number of urea groups is 1. The van der Waals surface area contributed by atoms with Crippen LogP contribution in [0.5, 0.6) is 5.75 Å². The van der Waals surface area contributed by atoms with Crippen LogP contribution >= 0.6 is 11.6 Å². The molecule has 2 amide bonds. The van der Waals surface area contributed by atoms with E-state index in [4.69, 9.17) is 16.3 Å². The standard InChI is InChI=1S/C17H19ClN2O3/c1-23-16-9-5-2-6-13(16)12-20(10-11-21)17(22)19-15-8-4-3-7-14(15)18/h2-9,21H,10-12H2,1H3,(H,19,22). The lowest BCUT2D eigenvalue weighted by Crippen LogP contribution is -2.36. The number of carbonyl (C=O) groups is 1. The van der Waals surface area contributed by atoms with Crippen LogP contribution in [0.3, 0.4) is 0 Å². The normalized spacial score (nSPS) is 10.2. The van der Waals surface area contributed by atoms with Gasteiger partial charge in [0, 0.05) is 12.1 Å². The fraction of sp³-hybridized carbons (Fsp3) is 0.235. The Morgan fingerprint density at radius 1 is 1.22 bits per heavy atom. The largest absolute Gasteiger partial charge is 0.496 e. The third-order valence-electron chi connectivity index (χ3n) is 3.33. The molecule has 0 radical (unpaired) electrons. The maximum absolute atomic E-state index is 12.5. The summed E-state index contributed by atoms with van der Waals surface area (Å²) in [6.45, 7) is 0.389. The molecule has 0 aliphatic carbocycles. The number of aliphatic hydroxyl groups excluding tert-OH is 1. The van der Waals surface area contributed by atoms with E-state index >= 15 is 0 Å². The van der Waals surface area contributed by atoms with E-state index in [9.17, 15) is 9.90 Å². The fourth-order valence-electron chi connectivity index (χ4n) is 2.17. The van der Waals surface area contributed by atoms with Crippen LogP contribution in [-0.4, -0.2) is 36.3 Å². The van der Waals surface area contributed by atoms with E-state index in [-0.39, 0.29) is 19.2 Å². The maximum Gasteiger partial charge on any atom is 0.322 e. The number of rotatable bonds is 6. The minimum atomic E-state index is -0.335. The molecule has 0 aliphatic heterocycles. The highest BCUT2D eigenvalue weighted by Gasteiger charge is 2.16. The number of nitrogens with one attached hydrogen (secondary N) is 1. The summed E-state index contributed by atoms with van der Waals surface area (Å²) in [6.07, 6.45) is 0. The number of benzene rings is 2. The second-order valence-electron chi connectivity index (χ2n) is 4.87. The summed E-state index contributed by atoms with van der Waals surface area (Å²) in [5, 5.41) is 12.4. The zero-order chi connectivity index (χ0) is 16.7. The number of methoxy groups -OCH3 is 1. The fourth-order valence-corrected chi connectivity index (χ4v) is 2.35. The van der Waals surface area contributed by atoms with Crippen LogP contribution in [0.1, 0.15) is 5.56 Å². The van der Waals surface area contributed by atoms with Gasteiger partial charge in [-0.1, -0.05) is 41.9 Å². The average Bonchev–Trinajstić information content (AvgIpc) is 2.57. The van der Waals surface area contributed by atoms with Gasteiger partial charge in [0.15, 0.2) is 0 Å². The van der Waals surface area contributed by atoms with E-state index in [1.807, 2.05) is 24.3 Å². The van der Waals surface area contributed by atoms with Gasteiger partial charge in [0.05, 0.1) is 31.0 Å². The van der Waals surface area contributed by atoms with Crippen molar-refractivity contribution in [1.29, 1.82) is 0 Å². The monoisotopic (exact) mass is 334 g/mol. The Labute approximate surface area is 140 Å². The van der Waals surface area contributed by atoms with Gasteiger partial charge in [-0.25, -0.2) is 4.79 Å². The quantitative estimate of drug-likeness (QED) is 0.851. The first-order valence-electron chi connectivity index (χ1n) is 7.19. The Balaban J connectivity index is 2.14. The van der Waals surface area contributed by atoms with Crippen LogP contribution in [0.2, 0.25) is 5.02 Å². The Morgan fingerprint density at radius 2 is 1.91 bits per heavy atom. The highest BCUT2D eigenvalue weighted by molar-refractivity contribution is 6.33. The van der Waals surface area contributed by atoms with Crippen molar-refractivity contribution in [2.75, 3.05) is 25.6 Å². The summed E-state index contributed by atoms with van der Waals surface area (Å²) in [6, 6.07) is 14.1. The van der Waals surface area contributed by atoms with Crippen molar-refractivity contribution in [3.63, 3.8) is 0 Å². The molecule has 0 saturated heterocycles. The molecule has 2 aromatic carbocycles. The highest BCUT2D eigenvalue weighted by atomic mass is 35.5. The molecular weight excluding hydrogens is 316 g/mol. The lowest BCUT2D eigenvalue weighted by molar-refractivity contribution is 0.184. The van der Waals surface area contributed by atoms with Crippen molar-refractivity contribution in [2.24, 2.45) is 0 Å². The van der Waals surface area contributed by atoms with Crippen LogP contribution in [0, 0.1) is 0 Å². The number of carbonyl (C=O) groups excluding carboxylic acids is 1. The first-order chi connectivity index (χ1) is 11.2. The van der Waals surface area contributed by atoms with Crippen LogP contribution in [0.4, 0.5) is 10.5 Å². The van der Waals surface area contributed by atoms with Crippen molar-refractivity contribution in [2.45, 2.75) is 6.54 Å². The van der Waals surface area contributed by atoms with Gasteiger partial charge in [-0.05, 0) is 18.2 Å². The molecule has 122 valence electrons. The van der Waals surface area contributed by atoms with E-state index in [1.54, 1.807) is 31.4 Å². The molecule has 0 aromatic heterocycles. The Bertz CT molecular complexity index is 664. The van der Waals surface area contributed by atoms with Crippen molar-refractivity contribution in [3.05, 3.63) is 59.1 Å². The number of para-hydroxylation sites is 2. The molecule has 0 heterocycles. The van der Waals surface area contributed by atoms with Crippen molar-refractivity contribution in [1.82, 2.24) is 4.90 Å². The number of anilines is 1. The third kappa shape index (κ3) is 4.61. The van der Waals surface area contributed by atoms with Gasteiger partial charge in [0.1, 0.15) is 5.75 Å². The summed E-state index contributed by atoms with van der Waals surface area (Å²) >= 11 is 6.06.